The lowest BCUT2D eigenvalue weighted by molar-refractivity contribution is -0.139. The number of hydrogen-bond acceptors (Lipinski definition) is 6. The third-order valence-corrected chi connectivity index (χ3v) is 9.25. The van der Waals surface area contributed by atoms with Gasteiger partial charge in [-0.25, -0.2) is 8.42 Å². The second-order valence-corrected chi connectivity index (χ2v) is 13.2. The Morgan fingerprint density at radius 2 is 1.62 bits per heavy atom. The van der Waals surface area contributed by atoms with Gasteiger partial charge in [0.15, 0.2) is 0 Å². The number of anilines is 1. The number of sulfonamides is 1. The first-order valence-corrected chi connectivity index (χ1v) is 16.7. The molecule has 0 saturated carbocycles. The van der Waals surface area contributed by atoms with Crippen LogP contribution < -0.4 is 14.4 Å². The summed E-state index contributed by atoms with van der Waals surface area (Å²) in [5, 5.41) is 3.42. The van der Waals surface area contributed by atoms with E-state index < -0.39 is 28.5 Å². The number of hydrogen-bond donors (Lipinski definition) is 1. The Hall–Kier alpha value is -3.21. The van der Waals surface area contributed by atoms with Crippen LogP contribution >= 0.6 is 23.4 Å². The number of nitrogens with one attached hydrogen (secondary N) is 1. The van der Waals surface area contributed by atoms with Gasteiger partial charge in [-0.2, -0.15) is 0 Å². The maximum atomic E-state index is 14.1. The summed E-state index contributed by atoms with van der Waals surface area (Å²) in [6, 6.07) is 19.3. The number of amides is 2. The van der Waals surface area contributed by atoms with E-state index in [4.69, 9.17) is 16.3 Å². The van der Waals surface area contributed by atoms with Crippen LogP contribution in [0.4, 0.5) is 5.69 Å². The van der Waals surface area contributed by atoms with Gasteiger partial charge >= 0.3 is 0 Å². The maximum absolute atomic E-state index is 14.1. The smallest absolute Gasteiger partial charge is 0.264 e. The zero-order valence-electron chi connectivity index (χ0n) is 24.5. The van der Waals surface area contributed by atoms with Gasteiger partial charge in [0, 0.05) is 23.0 Å². The summed E-state index contributed by atoms with van der Waals surface area (Å²) < 4.78 is 35.1. The largest absolute Gasteiger partial charge is 0.492 e. The van der Waals surface area contributed by atoms with E-state index in [1.54, 1.807) is 74.5 Å². The van der Waals surface area contributed by atoms with Crippen molar-refractivity contribution in [2.24, 2.45) is 5.92 Å². The van der Waals surface area contributed by atoms with E-state index in [1.807, 2.05) is 20.1 Å². The van der Waals surface area contributed by atoms with Gasteiger partial charge in [0.2, 0.25) is 11.8 Å². The van der Waals surface area contributed by atoms with Gasteiger partial charge in [0.25, 0.3) is 10.0 Å². The molecule has 3 aromatic rings. The molecule has 0 bridgehead atoms. The lowest BCUT2D eigenvalue weighted by Crippen LogP contribution is -2.51. The molecule has 0 unspecified atom stereocenters. The third kappa shape index (κ3) is 8.65. The molecule has 0 aromatic heterocycles. The van der Waals surface area contributed by atoms with Crippen molar-refractivity contribution in [2.75, 3.05) is 30.3 Å². The number of carbonyl (C=O) groups excluding carboxylic acids is 2. The van der Waals surface area contributed by atoms with Crippen LogP contribution in [-0.2, 0) is 26.2 Å². The van der Waals surface area contributed by atoms with Crippen LogP contribution in [0.15, 0.2) is 82.6 Å². The quantitative estimate of drug-likeness (QED) is 0.225. The molecule has 1 N–H and O–H groups in total. The summed E-state index contributed by atoms with van der Waals surface area (Å²) in [4.78, 5) is 29.6. The van der Waals surface area contributed by atoms with Crippen LogP contribution in [0.5, 0.6) is 5.75 Å². The first kappa shape index (κ1) is 33.3. The van der Waals surface area contributed by atoms with E-state index >= 15 is 0 Å². The molecule has 3 aromatic carbocycles. The average Bonchev–Trinajstić information content (AvgIpc) is 2.98. The van der Waals surface area contributed by atoms with Gasteiger partial charge in [-0.15, -0.1) is 11.8 Å². The number of thioether (sulfide) groups is 1. The van der Waals surface area contributed by atoms with E-state index in [0.717, 1.165) is 14.8 Å². The van der Waals surface area contributed by atoms with Crippen LogP contribution in [-0.4, -0.2) is 57.1 Å². The summed E-state index contributed by atoms with van der Waals surface area (Å²) in [5.74, 6) is -0.339. The SMILES string of the molecule is CCOc1ccccc1N(CC(=O)N(Cc1ccc(Cl)cc1)[C@H](C)C(=O)NCC(C)C)S(=O)(=O)c1ccc(SC)cc1. The van der Waals surface area contributed by atoms with Crippen molar-refractivity contribution >= 4 is 50.9 Å². The molecule has 3 rings (SSSR count). The number of para-hydroxylation sites is 2. The summed E-state index contributed by atoms with van der Waals surface area (Å²) >= 11 is 7.56. The highest BCUT2D eigenvalue weighted by molar-refractivity contribution is 7.98. The highest BCUT2D eigenvalue weighted by Crippen LogP contribution is 2.33. The molecule has 0 aliphatic carbocycles. The molecule has 0 saturated heterocycles. The molecule has 42 heavy (non-hydrogen) atoms. The molecule has 0 spiro atoms. The van der Waals surface area contributed by atoms with Crippen LogP contribution in [0, 0.1) is 5.92 Å². The fourth-order valence-electron chi connectivity index (χ4n) is 4.15. The van der Waals surface area contributed by atoms with Crippen molar-refractivity contribution in [1.82, 2.24) is 10.2 Å². The number of carbonyl (C=O) groups is 2. The van der Waals surface area contributed by atoms with Crippen molar-refractivity contribution in [2.45, 2.75) is 50.1 Å². The molecule has 0 fully saturated rings. The lowest BCUT2D eigenvalue weighted by Gasteiger charge is -2.32. The van der Waals surface area contributed by atoms with E-state index in [0.29, 0.717) is 23.9 Å². The predicted octanol–water partition coefficient (Wildman–Crippen LogP) is 5.85. The summed E-state index contributed by atoms with van der Waals surface area (Å²) in [5.41, 5.74) is 0.970. The second-order valence-electron chi connectivity index (χ2n) is 10.1. The van der Waals surface area contributed by atoms with E-state index in [9.17, 15) is 18.0 Å². The minimum atomic E-state index is -4.22. The first-order valence-electron chi connectivity index (χ1n) is 13.7. The molecule has 0 aliphatic rings. The lowest BCUT2D eigenvalue weighted by atomic mass is 10.1. The molecular weight excluding hydrogens is 594 g/mol. The van der Waals surface area contributed by atoms with Gasteiger partial charge in [0.1, 0.15) is 18.3 Å². The molecule has 11 heteroatoms. The molecule has 1 atom stereocenters. The number of halogens is 1. The van der Waals surface area contributed by atoms with Crippen molar-refractivity contribution in [3.05, 3.63) is 83.4 Å². The number of benzene rings is 3. The minimum absolute atomic E-state index is 0.0337. The topological polar surface area (TPSA) is 96.0 Å². The standard InChI is InChI=1S/C31H38ClN3O5S2/c1-6-40-29-10-8-7-9-28(29)35(42(38,39)27-17-15-26(41-5)16-18-27)21-30(36)34(20-24-11-13-25(32)14-12-24)23(4)31(37)33-19-22(2)3/h7-18,22-23H,6,19-21H2,1-5H3,(H,33,37)/t23-/m1/s1. The Kier molecular flexibility index (Phi) is 12.1. The maximum Gasteiger partial charge on any atom is 0.264 e. The number of ether oxygens (including phenoxy) is 1. The predicted molar refractivity (Wildman–Crippen MR) is 170 cm³/mol. The van der Waals surface area contributed by atoms with Crippen LogP contribution in [0.2, 0.25) is 5.02 Å². The zero-order chi connectivity index (χ0) is 30.9. The Morgan fingerprint density at radius 3 is 2.21 bits per heavy atom. The Morgan fingerprint density at radius 1 is 0.976 bits per heavy atom. The average molecular weight is 632 g/mol. The van der Waals surface area contributed by atoms with Crippen molar-refractivity contribution in [3.63, 3.8) is 0 Å². The van der Waals surface area contributed by atoms with E-state index in [-0.39, 0.29) is 29.0 Å². The highest BCUT2D eigenvalue weighted by Gasteiger charge is 2.33. The molecule has 0 aliphatic heterocycles. The van der Waals surface area contributed by atoms with Gasteiger partial charge < -0.3 is 15.0 Å². The number of nitrogens with zero attached hydrogens (tertiary/aromatic N) is 2. The summed E-state index contributed by atoms with van der Waals surface area (Å²) in [6.45, 7) is 7.67. The van der Waals surface area contributed by atoms with Crippen molar-refractivity contribution < 1.29 is 22.7 Å². The third-order valence-electron chi connectivity index (χ3n) is 6.48. The molecule has 0 radical (unpaired) electrons. The van der Waals surface area contributed by atoms with Crippen LogP contribution in [0.1, 0.15) is 33.3 Å². The summed E-state index contributed by atoms with van der Waals surface area (Å²) in [7, 11) is -4.22. The van der Waals surface area contributed by atoms with Gasteiger partial charge in [-0.3, -0.25) is 13.9 Å². The Balaban J connectivity index is 2.06. The van der Waals surface area contributed by atoms with E-state index in [2.05, 4.69) is 5.32 Å². The Bertz CT molecular complexity index is 1450. The Labute approximate surface area is 258 Å². The molecule has 8 nitrogen and oxygen atoms in total. The molecular formula is C31H38ClN3O5S2. The monoisotopic (exact) mass is 631 g/mol. The fraction of sp³-hybridized carbons (Fsp3) is 0.355. The van der Waals surface area contributed by atoms with Crippen LogP contribution in [0.25, 0.3) is 0 Å². The normalized spacial score (nSPS) is 12.1. The highest BCUT2D eigenvalue weighted by atomic mass is 35.5. The van der Waals surface area contributed by atoms with Gasteiger partial charge in [-0.05, 0) is 80.1 Å². The number of rotatable bonds is 14. The zero-order valence-corrected chi connectivity index (χ0v) is 26.9. The first-order chi connectivity index (χ1) is 20.0. The van der Waals surface area contributed by atoms with Crippen LogP contribution in [0.3, 0.4) is 0 Å². The van der Waals surface area contributed by atoms with Gasteiger partial charge in [-0.1, -0.05) is 49.7 Å². The molecule has 226 valence electrons. The van der Waals surface area contributed by atoms with Crippen molar-refractivity contribution in [3.8, 4) is 5.75 Å². The molecule has 2 amide bonds. The van der Waals surface area contributed by atoms with Gasteiger partial charge in [0.05, 0.1) is 17.2 Å². The minimum Gasteiger partial charge on any atom is -0.492 e. The fourth-order valence-corrected chi connectivity index (χ4v) is 6.11. The second kappa shape index (κ2) is 15.3. The summed E-state index contributed by atoms with van der Waals surface area (Å²) in [6.07, 6.45) is 1.90. The molecule has 0 heterocycles. The van der Waals surface area contributed by atoms with Crippen molar-refractivity contribution in [1.29, 1.82) is 0 Å². The van der Waals surface area contributed by atoms with E-state index in [1.165, 1.54) is 28.8 Å².